The van der Waals surface area contributed by atoms with Crippen LogP contribution in [0.25, 0.3) is 0 Å². The molecular weight excluding hydrogens is 277 g/mol. The summed E-state index contributed by atoms with van der Waals surface area (Å²) in [5, 5.41) is 0. The van der Waals surface area contributed by atoms with Crippen LogP contribution in [0.4, 0.5) is 0 Å². The molecule has 0 aliphatic rings. The van der Waals surface area contributed by atoms with Gasteiger partial charge in [0.1, 0.15) is 4.34 Å². The van der Waals surface area contributed by atoms with Crippen molar-refractivity contribution >= 4 is 40.3 Å². The molecule has 96 valence electrons. The highest BCUT2D eigenvalue weighted by molar-refractivity contribution is 7.20. The highest BCUT2D eigenvalue weighted by Gasteiger charge is 2.19. The van der Waals surface area contributed by atoms with Gasteiger partial charge in [-0.15, -0.1) is 11.3 Å². The Hall–Kier alpha value is -0.0900. The van der Waals surface area contributed by atoms with E-state index in [0.29, 0.717) is 20.8 Å². The monoisotopic (exact) mass is 293 g/mol. The second-order valence-electron chi connectivity index (χ2n) is 5.39. The molecule has 0 saturated carbocycles. The maximum Gasteiger partial charge on any atom is 0.179 e. The molecule has 1 aromatic rings. The molecule has 0 bridgehead atoms. The summed E-state index contributed by atoms with van der Waals surface area (Å²) in [5.74, 6) is 0.0184. The third kappa shape index (κ3) is 4.96. The van der Waals surface area contributed by atoms with E-state index in [1.54, 1.807) is 6.07 Å². The van der Waals surface area contributed by atoms with Gasteiger partial charge in [-0.05, 0) is 18.5 Å². The van der Waals surface area contributed by atoms with Gasteiger partial charge in [-0.3, -0.25) is 9.69 Å². The Morgan fingerprint density at radius 3 is 2.41 bits per heavy atom. The molecule has 0 unspecified atom stereocenters. The zero-order valence-corrected chi connectivity index (χ0v) is 12.8. The van der Waals surface area contributed by atoms with E-state index in [4.69, 9.17) is 23.2 Å². The van der Waals surface area contributed by atoms with Crippen LogP contribution in [0.1, 0.15) is 31.1 Å². The summed E-state index contributed by atoms with van der Waals surface area (Å²) in [5.41, 5.74) is 0.702. The van der Waals surface area contributed by atoms with E-state index in [1.807, 2.05) is 11.9 Å². The van der Waals surface area contributed by atoms with Crippen LogP contribution < -0.4 is 0 Å². The van der Waals surface area contributed by atoms with Gasteiger partial charge in [0.25, 0.3) is 0 Å². The van der Waals surface area contributed by atoms with Gasteiger partial charge >= 0.3 is 0 Å². The quantitative estimate of drug-likeness (QED) is 0.775. The van der Waals surface area contributed by atoms with Gasteiger partial charge in [-0.1, -0.05) is 44.0 Å². The summed E-state index contributed by atoms with van der Waals surface area (Å²) in [6.07, 6.45) is 0. The Kier molecular flexibility index (Phi) is 5.02. The number of rotatable bonds is 4. The summed E-state index contributed by atoms with van der Waals surface area (Å²) < 4.78 is 1.03. The summed E-state index contributed by atoms with van der Waals surface area (Å²) in [6.45, 7) is 7.64. The van der Waals surface area contributed by atoms with E-state index >= 15 is 0 Å². The molecule has 0 atom stereocenters. The van der Waals surface area contributed by atoms with Crippen molar-refractivity contribution in [1.82, 2.24) is 4.90 Å². The van der Waals surface area contributed by atoms with Crippen LogP contribution in [-0.2, 0) is 0 Å². The Morgan fingerprint density at radius 1 is 1.41 bits per heavy atom. The minimum atomic E-state index is 0.0184. The van der Waals surface area contributed by atoms with Gasteiger partial charge in [0.05, 0.1) is 16.4 Å². The third-order valence-electron chi connectivity index (χ3n) is 2.11. The molecule has 5 heteroatoms. The van der Waals surface area contributed by atoms with Crippen molar-refractivity contribution in [3.05, 3.63) is 20.3 Å². The second-order valence-corrected chi connectivity index (χ2v) is 7.68. The van der Waals surface area contributed by atoms with E-state index in [9.17, 15) is 4.79 Å². The number of halogens is 2. The van der Waals surface area contributed by atoms with Gasteiger partial charge in [-0.25, -0.2) is 0 Å². The van der Waals surface area contributed by atoms with Crippen LogP contribution in [0.5, 0.6) is 0 Å². The van der Waals surface area contributed by atoms with Gasteiger partial charge in [0, 0.05) is 6.54 Å². The SMILES string of the molecule is CN(CC(=O)c1cc(Cl)sc1Cl)CC(C)(C)C. The lowest BCUT2D eigenvalue weighted by Gasteiger charge is -2.25. The fourth-order valence-electron chi connectivity index (χ4n) is 1.73. The topological polar surface area (TPSA) is 20.3 Å². The average molecular weight is 294 g/mol. The Labute approximate surface area is 117 Å². The number of ketones is 1. The summed E-state index contributed by atoms with van der Waals surface area (Å²) in [6, 6.07) is 1.64. The lowest BCUT2D eigenvalue weighted by atomic mass is 9.96. The summed E-state index contributed by atoms with van der Waals surface area (Å²) >= 11 is 13.0. The summed E-state index contributed by atoms with van der Waals surface area (Å²) in [4.78, 5) is 14.0. The third-order valence-corrected chi connectivity index (χ3v) is 3.60. The van der Waals surface area contributed by atoms with E-state index in [0.717, 1.165) is 6.54 Å². The van der Waals surface area contributed by atoms with Crippen molar-refractivity contribution in [2.45, 2.75) is 20.8 Å². The number of hydrogen-bond acceptors (Lipinski definition) is 3. The molecule has 0 amide bonds. The van der Waals surface area contributed by atoms with Crippen LogP contribution in [0, 0.1) is 5.41 Å². The number of carbonyl (C=O) groups is 1. The van der Waals surface area contributed by atoms with Crippen molar-refractivity contribution in [1.29, 1.82) is 0 Å². The van der Waals surface area contributed by atoms with Gasteiger partial charge in [0.15, 0.2) is 5.78 Å². The summed E-state index contributed by atoms with van der Waals surface area (Å²) in [7, 11) is 1.94. The first-order valence-corrected chi connectivity index (χ1v) is 6.93. The van der Waals surface area contributed by atoms with Crippen LogP contribution in [0.3, 0.4) is 0 Å². The first kappa shape index (κ1) is 15.0. The van der Waals surface area contributed by atoms with Crippen LogP contribution >= 0.6 is 34.5 Å². The number of Topliss-reactive ketones (excluding diaryl/α,β-unsaturated/α-hetero) is 1. The molecule has 17 heavy (non-hydrogen) atoms. The van der Waals surface area contributed by atoms with Crippen molar-refractivity contribution in [2.75, 3.05) is 20.1 Å². The number of thiophene rings is 1. The number of likely N-dealkylation sites (N-methyl/N-ethyl adjacent to an activating group) is 1. The maximum atomic E-state index is 12.0. The predicted octanol–water partition coefficient (Wildman–Crippen LogP) is 4.22. The highest BCUT2D eigenvalue weighted by atomic mass is 35.5. The maximum absolute atomic E-state index is 12.0. The Bertz CT molecular complexity index is 409. The van der Waals surface area contributed by atoms with E-state index < -0.39 is 0 Å². The molecule has 1 aromatic heterocycles. The zero-order valence-electron chi connectivity index (χ0n) is 10.5. The first-order valence-electron chi connectivity index (χ1n) is 5.35. The second kappa shape index (κ2) is 5.70. The number of carbonyl (C=O) groups excluding carboxylic acids is 1. The Morgan fingerprint density at radius 2 is 2.00 bits per heavy atom. The molecule has 1 rings (SSSR count). The van der Waals surface area contributed by atoms with Crippen molar-refractivity contribution in [3.63, 3.8) is 0 Å². The molecule has 0 aliphatic heterocycles. The van der Waals surface area contributed by atoms with E-state index in [-0.39, 0.29) is 11.2 Å². The largest absolute Gasteiger partial charge is 0.298 e. The molecule has 2 nitrogen and oxygen atoms in total. The van der Waals surface area contributed by atoms with Crippen molar-refractivity contribution < 1.29 is 4.79 Å². The highest BCUT2D eigenvalue weighted by Crippen LogP contribution is 2.31. The lowest BCUT2D eigenvalue weighted by Crippen LogP contribution is -2.33. The molecule has 0 spiro atoms. The first-order chi connectivity index (χ1) is 7.69. The molecule has 0 fully saturated rings. The van der Waals surface area contributed by atoms with Crippen LogP contribution in [0.2, 0.25) is 8.67 Å². The molecule has 0 radical (unpaired) electrons. The fraction of sp³-hybridized carbons (Fsp3) is 0.583. The molecular formula is C12H17Cl2NOS. The molecule has 1 heterocycles. The molecule has 0 aliphatic carbocycles. The Balaban J connectivity index is 2.64. The lowest BCUT2D eigenvalue weighted by molar-refractivity contribution is 0.0927. The number of hydrogen-bond donors (Lipinski definition) is 0. The van der Waals surface area contributed by atoms with Crippen LogP contribution in [-0.4, -0.2) is 30.8 Å². The molecule has 0 N–H and O–H groups in total. The van der Waals surface area contributed by atoms with E-state index in [1.165, 1.54) is 11.3 Å². The minimum Gasteiger partial charge on any atom is -0.298 e. The smallest absolute Gasteiger partial charge is 0.179 e. The van der Waals surface area contributed by atoms with Crippen molar-refractivity contribution in [2.24, 2.45) is 5.41 Å². The normalized spacial score (nSPS) is 12.2. The standard InChI is InChI=1S/C12H17Cl2NOS/c1-12(2,3)7-15(4)6-9(16)8-5-10(13)17-11(8)14/h5H,6-7H2,1-4H3. The van der Waals surface area contributed by atoms with Gasteiger partial charge in [0.2, 0.25) is 0 Å². The average Bonchev–Trinajstić information content (AvgIpc) is 2.41. The fourth-order valence-corrected chi connectivity index (χ4v) is 3.23. The van der Waals surface area contributed by atoms with Crippen molar-refractivity contribution in [3.8, 4) is 0 Å². The van der Waals surface area contributed by atoms with Gasteiger partial charge < -0.3 is 0 Å². The molecule has 0 aromatic carbocycles. The van der Waals surface area contributed by atoms with E-state index in [2.05, 4.69) is 20.8 Å². The zero-order chi connectivity index (χ0) is 13.2. The minimum absolute atomic E-state index is 0.0184. The van der Waals surface area contributed by atoms with Crippen LogP contribution in [0.15, 0.2) is 6.07 Å². The predicted molar refractivity (Wildman–Crippen MR) is 75.6 cm³/mol. The van der Waals surface area contributed by atoms with Gasteiger partial charge in [-0.2, -0.15) is 0 Å². The number of nitrogens with zero attached hydrogens (tertiary/aromatic N) is 1. The molecule has 0 saturated heterocycles.